The van der Waals surface area contributed by atoms with Crippen molar-refractivity contribution in [3.8, 4) is 5.75 Å². The quantitative estimate of drug-likeness (QED) is 0.799. The summed E-state index contributed by atoms with van der Waals surface area (Å²) in [5.41, 5.74) is -0.194. The van der Waals surface area contributed by atoms with Crippen LogP contribution in [-0.4, -0.2) is 43.2 Å². The number of halogens is 2. The van der Waals surface area contributed by atoms with E-state index in [2.05, 4.69) is 5.32 Å². The molecule has 23 heavy (non-hydrogen) atoms. The number of carbonyl (C=O) groups is 2. The smallest absolute Gasteiger partial charge is 0.234 e. The van der Waals surface area contributed by atoms with Crippen LogP contribution in [0.1, 0.15) is 24.3 Å². The predicted octanol–water partition coefficient (Wildman–Crippen LogP) is 0.674. The fourth-order valence-electron chi connectivity index (χ4n) is 2.97. The summed E-state index contributed by atoms with van der Waals surface area (Å²) in [6.07, 6.45) is -0.471. The van der Waals surface area contributed by atoms with Crippen molar-refractivity contribution in [1.29, 1.82) is 0 Å². The van der Waals surface area contributed by atoms with E-state index in [1.165, 1.54) is 7.11 Å². The summed E-state index contributed by atoms with van der Waals surface area (Å²) < 4.78 is 34.2. The summed E-state index contributed by atoms with van der Waals surface area (Å²) in [5.74, 6) is -4.22. The van der Waals surface area contributed by atoms with Crippen LogP contribution in [0.2, 0.25) is 0 Å². The zero-order valence-corrected chi connectivity index (χ0v) is 12.4. The van der Waals surface area contributed by atoms with Gasteiger partial charge in [-0.05, 0) is 6.42 Å². The molecule has 6 nitrogen and oxygen atoms in total. The van der Waals surface area contributed by atoms with Gasteiger partial charge in [-0.15, -0.1) is 0 Å². The summed E-state index contributed by atoms with van der Waals surface area (Å²) in [4.78, 5) is 24.7. The Balaban J connectivity index is 2.01. The third-order valence-electron chi connectivity index (χ3n) is 4.18. The number of nitrogens with zero attached hydrogens (tertiary/aromatic N) is 1. The van der Waals surface area contributed by atoms with Crippen LogP contribution in [0, 0.1) is 11.6 Å². The van der Waals surface area contributed by atoms with E-state index in [0.29, 0.717) is 0 Å². The van der Waals surface area contributed by atoms with Gasteiger partial charge in [-0.2, -0.15) is 0 Å². The van der Waals surface area contributed by atoms with Crippen molar-refractivity contribution in [2.24, 2.45) is 0 Å². The molecule has 2 aliphatic heterocycles. The Morgan fingerprint density at radius 1 is 1.35 bits per heavy atom. The lowest BCUT2D eigenvalue weighted by atomic mass is 9.89. The molecular formula is C15H16F2N2O4. The molecule has 2 N–H and O–H groups in total. The summed E-state index contributed by atoms with van der Waals surface area (Å²) in [6, 6.07) is 1.10. The minimum absolute atomic E-state index is 0.0255. The van der Waals surface area contributed by atoms with E-state index in [-0.39, 0.29) is 37.4 Å². The molecule has 1 aromatic rings. The highest BCUT2D eigenvalue weighted by Gasteiger charge is 2.36. The lowest BCUT2D eigenvalue weighted by Gasteiger charge is -2.39. The molecule has 0 aromatic heterocycles. The molecule has 2 aliphatic rings. The molecule has 1 atom stereocenters. The van der Waals surface area contributed by atoms with Crippen LogP contribution in [0.4, 0.5) is 14.5 Å². The Hall–Kier alpha value is -2.22. The SMILES string of the molecule is COc1c(N2CC(O)C2)cc(F)c(C2CCC(=O)NC2=O)c1F. The second kappa shape index (κ2) is 5.77. The number of benzene rings is 1. The Labute approximate surface area is 131 Å². The van der Waals surface area contributed by atoms with Crippen molar-refractivity contribution in [2.45, 2.75) is 24.9 Å². The van der Waals surface area contributed by atoms with Gasteiger partial charge in [0, 0.05) is 31.1 Å². The van der Waals surface area contributed by atoms with Crippen LogP contribution in [0.15, 0.2) is 6.07 Å². The number of hydrogen-bond donors (Lipinski definition) is 2. The maximum atomic E-state index is 14.7. The minimum atomic E-state index is -1.07. The number of ether oxygens (including phenoxy) is 1. The average Bonchev–Trinajstić information content (AvgIpc) is 2.45. The first kappa shape index (κ1) is 15.7. The van der Waals surface area contributed by atoms with Gasteiger partial charge >= 0.3 is 0 Å². The highest BCUT2D eigenvalue weighted by atomic mass is 19.1. The largest absolute Gasteiger partial charge is 0.492 e. The number of rotatable bonds is 3. The predicted molar refractivity (Wildman–Crippen MR) is 76.3 cm³/mol. The summed E-state index contributed by atoms with van der Waals surface area (Å²) in [5, 5.41) is 11.4. The molecule has 124 valence electrons. The number of aliphatic hydroxyl groups excluding tert-OH is 1. The molecule has 2 saturated heterocycles. The molecular weight excluding hydrogens is 310 g/mol. The topological polar surface area (TPSA) is 78.9 Å². The van der Waals surface area contributed by atoms with E-state index in [4.69, 9.17) is 4.74 Å². The standard InChI is InChI=1S/C15H16F2N2O4/c1-23-14-10(19-5-7(20)6-19)4-9(16)12(13(14)17)8-2-3-11(21)18-15(8)22/h4,7-8,20H,2-3,5-6H2,1H3,(H,18,21,22). The number of imide groups is 1. The van der Waals surface area contributed by atoms with E-state index < -0.39 is 41.0 Å². The third kappa shape index (κ3) is 2.63. The molecule has 0 spiro atoms. The van der Waals surface area contributed by atoms with Crippen LogP contribution in [0.25, 0.3) is 0 Å². The second-order valence-corrected chi connectivity index (χ2v) is 5.70. The molecule has 0 bridgehead atoms. The van der Waals surface area contributed by atoms with Crippen LogP contribution in [0.5, 0.6) is 5.75 Å². The first-order valence-electron chi connectivity index (χ1n) is 7.25. The van der Waals surface area contributed by atoms with Crippen LogP contribution >= 0.6 is 0 Å². The number of hydrogen-bond acceptors (Lipinski definition) is 5. The number of methoxy groups -OCH3 is 1. The fourth-order valence-corrected chi connectivity index (χ4v) is 2.97. The molecule has 1 aromatic carbocycles. The minimum Gasteiger partial charge on any atom is -0.492 e. The third-order valence-corrected chi connectivity index (χ3v) is 4.18. The number of piperidine rings is 1. The van der Waals surface area contributed by atoms with E-state index in [9.17, 15) is 23.5 Å². The first-order valence-corrected chi connectivity index (χ1v) is 7.25. The number of anilines is 1. The maximum Gasteiger partial charge on any atom is 0.234 e. The van der Waals surface area contributed by atoms with Gasteiger partial charge in [-0.3, -0.25) is 14.9 Å². The summed E-state index contributed by atoms with van der Waals surface area (Å²) in [6.45, 7) is 0.514. The van der Waals surface area contributed by atoms with E-state index >= 15 is 0 Å². The first-order chi connectivity index (χ1) is 10.9. The molecule has 2 fully saturated rings. The van der Waals surface area contributed by atoms with E-state index in [1.807, 2.05) is 0 Å². The van der Waals surface area contributed by atoms with Crippen molar-refractivity contribution in [3.63, 3.8) is 0 Å². The lowest BCUT2D eigenvalue weighted by Crippen LogP contribution is -2.51. The van der Waals surface area contributed by atoms with Crippen LogP contribution < -0.4 is 15.0 Å². The number of aliphatic hydroxyl groups is 1. The van der Waals surface area contributed by atoms with Gasteiger partial charge in [-0.1, -0.05) is 0 Å². The number of carbonyl (C=O) groups excluding carboxylic acids is 2. The monoisotopic (exact) mass is 326 g/mol. The molecule has 0 radical (unpaired) electrons. The molecule has 3 rings (SSSR count). The normalized spacial score (nSPS) is 21.9. The van der Waals surface area contributed by atoms with Gasteiger partial charge in [0.1, 0.15) is 5.82 Å². The fraction of sp³-hybridized carbons (Fsp3) is 0.467. The van der Waals surface area contributed by atoms with Crippen molar-refractivity contribution in [3.05, 3.63) is 23.3 Å². The van der Waals surface area contributed by atoms with E-state index in [0.717, 1.165) is 6.07 Å². The molecule has 0 saturated carbocycles. The average molecular weight is 326 g/mol. The Kier molecular flexibility index (Phi) is 3.93. The lowest BCUT2D eigenvalue weighted by molar-refractivity contribution is -0.134. The molecule has 2 amide bonds. The van der Waals surface area contributed by atoms with Crippen LogP contribution in [-0.2, 0) is 9.59 Å². The zero-order chi connectivity index (χ0) is 16.7. The van der Waals surface area contributed by atoms with Crippen molar-refractivity contribution >= 4 is 17.5 Å². The molecule has 2 heterocycles. The van der Waals surface area contributed by atoms with Crippen LogP contribution in [0.3, 0.4) is 0 Å². The van der Waals surface area contributed by atoms with Gasteiger partial charge in [-0.25, -0.2) is 8.78 Å². The molecule has 1 unspecified atom stereocenters. The van der Waals surface area contributed by atoms with E-state index in [1.54, 1.807) is 4.90 Å². The molecule has 0 aliphatic carbocycles. The highest BCUT2D eigenvalue weighted by molar-refractivity contribution is 6.01. The van der Waals surface area contributed by atoms with Gasteiger partial charge in [0.2, 0.25) is 11.8 Å². The molecule has 8 heteroatoms. The van der Waals surface area contributed by atoms with Gasteiger partial charge in [0.25, 0.3) is 0 Å². The van der Waals surface area contributed by atoms with Crippen molar-refractivity contribution < 1.29 is 28.2 Å². The summed E-state index contributed by atoms with van der Waals surface area (Å²) >= 11 is 0. The van der Waals surface area contributed by atoms with Crippen molar-refractivity contribution in [2.75, 3.05) is 25.1 Å². The Bertz CT molecular complexity index is 674. The highest BCUT2D eigenvalue weighted by Crippen LogP contribution is 2.40. The number of amides is 2. The number of nitrogens with one attached hydrogen (secondary N) is 1. The van der Waals surface area contributed by atoms with Gasteiger partial charge in [0.15, 0.2) is 11.6 Å². The van der Waals surface area contributed by atoms with Gasteiger partial charge in [0.05, 0.1) is 24.8 Å². The second-order valence-electron chi connectivity index (χ2n) is 5.70. The Morgan fingerprint density at radius 3 is 2.61 bits per heavy atom. The van der Waals surface area contributed by atoms with Gasteiger partial charge < -0.3 is 14.7 Å². The number of β-amino-alcohol motifs (C(OH)–C–C–N with tert-alkyl or cyclic N) is 1. The van der Waals surface area contributed by atoms with Crippen molar-refractivity contribution in [1.82, 2.24) is 5.32 Å². The summed E-state index contributed by atoms with van der Waals surface area (Å²) in [7, 11) is 1.25. The maximum absolute atomic E-state index is 14.7. The Morgan fingerprint density at radius 2 is 2.04 bits per heavy atom. The zero-order valence-electron chi connectivity index (χ0n) is 12.4.